The molecule has 0 aromatic heterocycles. The SMILES string of the molecule is CC1(C)CCC(C2(C(=O)O)CCOCC2)N(C(=O)OC(C)(C)C)C1. The molecule has 2 aliphatic heterocycles. The van der Waals surface area contributed by atoms with Crippen molar-refractivity contribution < 1.29 is 24.2 Å². The molecular formula is C18H31NO5. The van der Waals surface area contributed by atoms with Gasteiger partial charge in [0.2, 0.25) is 0 Å². The van der Waals surface area contributed by atoms with E-state index in [1.54, 1.807) is 4.90 Å². The van der Waals surface area contributed by atoms with Crippen LogP contribution in [0.2, 0.25) is 0 Å². The Bertz CT molecular complexity index is 488. The Labute approximate surface area is 144 Å². The lowest BCUT2D eigenvalue weighted by Crippen LogP contribution is -2.61. The third-order valence-electron chi connectivity index (χ3n) is 5.15. The minimum atomic E-state index is -0.939. The van der Waals surface area contributed by atoms with Gasteiger partial charge in [0.05, 0.1) is 11.5 Å². The maximum atomic E-state index is 12.8. The third kappa shape index (κ3) is 4.02. The summed E-state index contributed by atoms with van der Waals surface area (Å²) >= 11 is 0. The fourth-order valence-electron chi connectivity index (χ4n) is 3.85. The van der Waals surface area contributed by atoms with E-state index in [-0.39, 0.29) is 11.5 Å². The van der Waals surface area contributed by atoms with Crippen LogP contribution in [0.15, 0.2) is 0 Å². The van der Waals surface area contributed by atoms with Gasteiger partial charge in [-0.05, 0) is 51.9 Å². The number of rotatable bonds is 2. The first-order valence-electron chi connectivity index (χ1n) is 8.78. The highest BCUT2D eigenvalue weighted by Crippen LogP contribution is 2.45. The molecule has 138 valence electrons. The van der Waals surface area contributed by atoms with Crippen LogP contribution in [-0.4, -0.2) is 53.5 Å². The molecule has 0 spiro atoms. The highest BCUT2D eigenvalue weighted by Gasteiger charge is 2.53. The zero-order valence-electron chi connectivity index (χ0n) is 15.6. The van der Waals surface area contributed by atoms with Crippen molar-refractivity contribution in [3.63, 3.8) is 0 Å². The second-order valence-electron chi connectivity index (χ2n) is 8.90. The molecular weight excluding hydrogens is 310 g/mol. The molecule has 1 N–H and O–H groups in total. The number of ether oxygens (including phenoxy) is 2. The van der Waals surface area contributed by atoms with Crippen molar-refractivity contribution in [1.82, 2.24) is 4.90 Å². The number of likely N-dealkylation sites (tertiary alicyclic amines) is 1. The number of hydrogen-bond donors (Lipinski definition) is 1. The summed E-state index contributed by atoms with van der Waals surface area (Å²) in [5.41, 5.74) is -1.58. The Balaban J connectivity index is 2.33. The lowest BCUT2D eigenvalue weighted by Gasteiger charge is -2.51. The van der Waals surface area contributed by atoms with Crippen molar-refractivity contribution >= 4 is 12.1 Å². The molecule has 0 aromatic rings. The number of carbonyl (C=O) groups excluding carboxylic acids is 1. The monoisotopic (exact) mass is 341 g/mol. The molecule has 0 aliphatic carbocycles. The molecule has 1 amide bonds. The van der Waals surface area contributed by atoms with E-state index in [0.717, 1.165) is 6.42 Å². The molecule has 0 radical (unpaired) electrons. The predicted octanol–water partition coefficient (Wildman–Crippen LogP) is 3.29. The summed E-state index contributed by atoms with van der Waals surface area (Å²) in [6.45, 7) is 11.1. The fourth-order valence-corrected chi connectivity index (χ4v) is 3.85. The molecule has 1 unspecified atom stereocenters. The van der Waals surface area contributed by atoms with Crippen LogP contribution < -0.4 is 0 Å². The normalized spacial score (nSPS) is 26.7. The second kappa shape index (κ2) is 6.54. The Morgan fingerprint density at radius 3 is 2.25 bits per heavy atom. The van der Waals surface area contributed by atoms with E-state index in [2.05, 4.69) is 13.8 Å². The summed E-state index contributed by atoms with van der Waals surface area (Å²) in [6.07, 6.45) is 2.04. The number of carboxylic acid groups (broad SMARTS) is 1. The molecule has 2 rings (SSSR count). The van der Waals surface area contributed by atoms with E-state index >= 15 is 0 Å². The van der Waals surface area contributed by atoms with Crippen LogP contribution in [0.4, 0.5) is 4.79 Å². The molecule has 1 atom stereocenters. The first-order valence-corrected chi connectivity index (χ1v) is 8.78. The van der Waals surface area contributed by atoms with Gasteiger partial charge < -0.3 is 19.5 Å². The lowest BCUT2D eigenvalue weighted by molar-refractivity contribution is -0.164. The van der Waals surface area contributed by atoms with Gasteiger partial charge in [0.25, 0.3) is 0 Å². The minimum Gasteiger partial charge on any atom is -0.481 e. The Morgan fingerprint density at radius 1 is 1.17 bits per heavy atom. The molecule has 0 bridgehead atoms. The molecule has 2 saturated heterocycles. The average molecular weight is 341 g/mol. The number of amides is 1. The van der Waals surface area contributed by atoms with Crippen molar-refractivity contribution in [3.05, 3.63) is 0 Å². The standard InChI is InChI=1S/C18H31NO5/c1-16(2,3)24-15(22)19-12-17(4,5)7-6-13(19)18(14(20)21)8-10-23-11-9-18/h13H,6-12H2,1-5H3,(H,20,21). The van der Waals surface area contributed by atoms with Crippen LogP contribution in [0.1, 0.15) is 60.3 Å². The van der Waals surface area contributed by atoms with Gasteiger partial charge >= 0.3 is 12.1 Å². The number of hydrogen-bond acceptors (Lipinski definition) is 4. The quantitative estimate of drug-likeness (QED) is 0.834. The van der Waals surface area contributed by atoms with Gasteiger partial charge in [0.15, 0.2) is 0 Å². The van der Waals surface area contributed by atoms with Gasteiger partial charge in [0, 0.05) is 19.8 Å². The number of carboxylic acids is 1. The van der Waals surface area contributed by atoms with Crippen molar-refractivity contribution in [2.75, 3.05) is 19.8 Å². The Hall–Kier alpha value is -1.30. The van der Waals surface area contributed by atoms with E-state index in [0.29, 0.717) is 39.0 Å². The third-order valence-corrected chi connectivity index (χ3v) is 5.15. The topological polar surface area (TPSA) is 76.1 Å². The van der Waals surface area contributed by atoms with Crippen LogP contribution in [0, 0.1) is 10.8 Å². The van der Waals surface area contributed by atoms with Gasteiger partial charge in [-0.3, -0.25) is 4.79 Å². The van der Waals surface area contributed by atoms with Crippen molar-refractivity contribution in [3.8, 4) is 0 Å². The maximum Gasteiger partial charge on any atom is 0.410 e. The summed E-state index contributed by atoms with van der Waals surface area (Å²) in [5.74, 6) is -0.830. The second-order valence-corrected chi connectivity index (χ2v) is 8.90. The van der Waals surface area contributed by atoms with Crippen LogP contribution in [0.25, 0.3) is 0 Å². The fraction of sp³-hybridized carbons (Fsp3) is 0.889. The molecule has 0 aromatic carbocycles. The summed E-state index contributed by atoms with van der Waals surface area (Å²) in [6, 6.07) is -0.346. The molecule has 0 saturated carbocycles. The van der Waals surface area contributed by atoms with E-state index in [4.69, 9.17) is 9.47 Å². The molecule has 2 fully saturated rings. The molecule has 2 aliphatic rings. The first-order chi connectivity index (χ1) is 11.0. The predicted molar refractivity (Wildman–Crippen MR) is 89.9 cm³/mol. The lowest BCUT2D eigenvalue weighted by atomic mass is 9.67. The van der Waals surface area contributed by atoms with Crippen LogP contribution >= 0.6 is 0 Å². The summed E-state index contributed by atoms with van der Waals surface area (Å²) in [4.78, 5) is 26.6. The molecule has 6 heteroatoms. The van der Waals surface area contributed by atoms with E-state index in [9.17, 15) is 14.7 Å². The summed E-state index contributed by atoms with van der Waals surface area (Å²) in [5, 5.41) is 9.97. The zero-order valence-corrected chi connectivity index (χ0v) is 15.6. The molecule has 6 nitrogen and oxygen atoms in total. The largest absolute Gasteiger partial charge is 0.481 e. The van der Waals surface area contributed by atoms with Crippen LogP contribution in [-0.2, 0) is 14.3 Å². The number of piperidine rings is 1. The Kier molecular flexibility index (Phi) is 5.19. The average Bonchev–Trinajstić information content (AvgIpc) is 2.45. The van der Waals surface area contributed by atoms with Crippen molar-refractivity contribution in [1.29, 1.82) is 0 Å². The maximum absolute atomic E-state index is 12.8. The highest BCUT2D eigenvalue weighted by molar-refractivity contribution is 5.78. The van der Waals surface area contributed by atoms with Gasteiger partial charge in [-0.1, -0.05) is 13.8 Å². The van der Waals surface area contributed by atoms with Gasteiger partial charge in [-0.15, -0.1) is 0 Å². The van der Waals surface area contributed by atoms with E-state index in [1.165, 1.54) is 0 Å². The number of carbonyl (C=O) groups is 2. The van der Waals surface area contributed by atoms with Gasteiger partial charge in [-0.2, -0.15) is 0 Å². The van der Waals surface area contributed by atoms with Gasteiger partial charge in [-0.25, -0.2) is 4.79 Å². The smallest absolute Gasteiger partial charge is 0.410 e. The van der Waals surface area contributed by atoms with E-state index < -0.39 is 23.1 Å². The van der Waals surface area contributed by atoms with Crippen LogP contribution in [0.5, 0.6) is 0 Å². The minimum absolute atomic E-state index is 0.0434. The molecule has 24 heavy (non-hydrogen) atoms. The van der Waals surface area contributed by atoms with Gasteiger partial charge in [0.1, 0.15) is 5.60 Å². The zero-order chi connectivity index (χ0) is 18.2. The number of nitrogens with zero attached hydrogens (tertiary/aromatic N) is 1. The highest BCUT2D eigenvalue weighted by atomic mass is 16.6. The Morgan fingerprint density at radius 2 is 1.75 bits per heavy atom. The molecule has 2 heterocycles. The van der Waals surface area contributed by atoms with Crippen LogP contribution in [0.3, 0.4) is 0 Å². The van der Waals surface area contributed by atoms with E-state index in [1.807, 2.05) is 20.8 Å². The van der Waals surface area contributed by atoms with Crippen molar-refractivity contribution in [2.24, 2.45) is 10.8 Å². The number of aliphatic carboxylic acids is 1. The first kappa shape index (κ1) is 19.0. The summed E-state index contributed by atoms with van der Waals surface area (Å²) < 4.78 is 11.0. The van der Waals surface area contributed by atoms with Crippen molar-refractivity contribution in [2.45, 2.75) is 71.9 Å². The summed E-state index contributed by atoms with van der Waals surface area (Å²) in [7, 11) is 0.